The zero-order chi connectivity index (χ0) is 14.2. The Morgan fingerprint density at radius 2 is 2.26 bits per heavy atom. The molecule has 0 radical (unpaired) electrons. The summed E-state index contributed by atoms with van der Waals surface area (Å²) in [5, 5.41) is 0. The van der Waals surface area contributed by atoms with Gasteiger partial charge in [0.05, 0.1) is 0 Å². The molecule has 2 rings (SSSR count). The third kappa shape index (κ3) is 2.58. The molecule has 2 heteroatoms. The van der Waals surface area contributed by atoms with Gasteiger partial charge in [-0.15, -0.1) is 12.3 Å². The monoisotopic (exact) mass is 258 g/mol. The molecule has 19 heavy (non-hydrogen) atoms. The highest BCUT2D eigenvalue weighted by molar-refractivity contribution is 5.34. The summed E-state index contributed by atoms with van der Waals surface area (Å²) in [6.45, 7) is 9.01. The molecule has 0 aromatic carbocycles. The van der Waals surface area contributed by atoms with E-state index in [1.807, 2.05) is 0 Å². The maximum atomic E-state index is 6.37. The molecule has 2 nitrogen and oxygen atoms in total. The second kappa shape index (κ2) is 5.06. The molecule has 1 aromatic heterocycles. The Hall–Kier alpha value is -1.20. The van der Waals surface area contributed by atoms with Crippen LogP contribution in [0.2, 0.25) is 0 Å². The van der Waals surface area contributed by atoms with Gasteiger partial charge in [0.15, 0.2) is 0 Å². The van der Waals surface area contributed by atoms with Crippen LogP contribution in [-0.2, 0) is 6.42 Å². The van der Waals surface area contributed by atoms with Crippen molar-refractivity contribution < 1.29 is 0 Å². The first kappa shape index (κ1) is 14.2. The average molecular weight is 258 g/mol. The van der Waals surface area contributed by atoms with E-state index in [-0.39, 0.29) is 11.5 Å². The van der Waals surface area contributed by atoms with E-state index >= 15 is 0 Å². The van der Waals surface area contributed by atoms with Crippen molar-refractivity contribution in [3.05, 3.63) is 23.0 Å². The number of rotatable bonds is 3. The first-order valence-corrected chi connectivity index (χ1v) is 7.29. The first-order chi connectivity index (χ1) is 8.89. The summed E-state index contributed by atoms with van der Waals surface area (Å²) < 4.78 is 2.45. The van der Waals surface area contributed by atoms with Gasteiger partial charge in [-0.25, -0.2) is 0 Å². The van der Waals surface area contributed by atoms with Crippen molar-refractivity contribution in [2.75, 3.05) is 0 Å². The lowest BCUT2D eigenvalue weighted by Crippen LogP contribution is -2.31. The van der Waals surface area contributed by atoms with Crippen molar-refractivity contribution >= 4 is 0 Å². The van der Waals surface area contributed by atoms with Crippen LogP contribution in [0.3, 0.4) is 0 Å². The molecule has 2 atom stereocenters. The van der Waals surface area contributed by atoms with E-state index < -0.39 is 0 Å². The fourth-order valence-electron chi connectivity index (χ4n) is 3.53. The Morgan fingerprint density at radius 3 is 2.84 bits per heavy atom. The highest BCUT2D eigenvalue weighted by Crippen LogP contribution is 2.42. The van der Waals surface area contributed by atoms with Crippen molar-refractivity contribution in [1.29, 1.82) is 0 Å². The second-order valence-electron chi connectivity index (χ2n) is 6.68. The number of nitrogens with zero attached hydrogens (tertiary/aromatic N) is 1. The third-order valence-corrected chi connectivity index (χ3v) is 4.38. The smallest absolute Gasteiger partial charge is 0.0442 e. The van der Waals surface area contributed by atoms with E-state index in [9.17, 15) is 0 Å². The van der Waals surface area contributed by atoms with Gasteiger partial charge in [-0.3, -0.25) is 0 Å². The van der Waals surface area contributed by atoms with E-state index in [0.29, 0.717) is 6.04 Å². The molecule has 1 aliphatic carbocycles. The lowest BCUT2D eigenvalue weighted by molar-refractivity contribution is 0.270. The van der Waals surface area contributed by atoms with Crippen LogP contribution in [0, 0.1) is 24.7 Å². The molecule has 0 amide bonds. The van der Waals surface area contributed by atoms with E-state index in [1.165, 1.54) is 17.0 Å². The van der Waals surface area contributed by atoms with Crippen molar-refractivity contribution in [3.63, 3.8) is 0 Å². The van der Waals surface area contributed by atoms with Gasteiger partial charge in [0.1, 0.15) is 0 Å². The number of nitrogens with two attached hydrogens (primary N) is 1. The van der Waals surface area contributed by atoms with Crippen molar-refractivity contribution in [3.8, 4) is 12.3 Å². The molecular weight excluding hydrogens is 232 g/mol. The van der Waals surface area contributed by atoms with Crippen LogP contribution in [0.25, 0.3) is 0 Å². The Labute approximate surface area is 117 Å². The van der Waals surface area contributed by atoms with E-state index in [4.69, 9.17) is 12.2 Å². The minimum Gasteiger partial charge on any atom is -0.345 e. The maximum absolute atomic E-state index is 6.37. The molecule has 0 spiro atoms. The molecule has 0 aliphatic heterocycles. The highest BCUT2D eigenvalue weighted by Gasteiger charge is 2.34. The number of terminal acetylenes is 1. The van der Waals surface area contributed by atoms with Crippen LogP contribution in [-0.4, -0.2) is 4.57 Å². The Kier molecular flexibility index (Phi) is 3.78. The lowest BCUT2D eigenvalue weighted by atomic mass is 9.74. The summed E-state index contributed by atoms with van der Waals surface area (Å²) in [5.41, 5.74) is 10.7. The molecule has 104 valence electrons. The fourth-order valence-corrected chi connectivity index (χ4v) is 3.53. The Balaban J connectivity index is 2.50. The van der Waals surface area contributed by atoms with E-state index in [0.717, 1.165) is 25.7 Å². The quantitative estimate of drug-likeness (QED) is 0.823. The predicted octanol–water partition coefficient (Wildman–Crippen LogP) is 3.74. The molecule has 2 N–H and O–H groups in total. The van der Waals surface area contributed by atoms with Crippen LogP contribution in [0.5, 0.6) is 0 Å². The number of fused-ring (bicyclic) bond motifs is 1. The van der Waals surface area contributed by atoms with Gasteiger partial charge in [-0.05, 0) is 43.2 Å². The molecule has 0 saturated carbocycles. The highest BCUT2D eigenvalue weighted by atomic mass is 15.0. The Bertz CT molecular complexity index is 502. The van der Waals surface area contributed by atoms with Crippen molar-refractivity contribution in [2.24, 2.45) is 11.1 Å². The van der Waals surface area contributed by atoms with Crippen LogP contribution in [0.1, 0.15) is 69.1 Å². The summed E-state index contributed by atoms with van der Waals surface area (Å²) in [7, 11) is 0. The summed E-state index contributed by atoms with van der Waals surface area (Å²) in [5.74, 6) is 2.82. The van der Waals surface area contributed by atoms with Gasteiger partial charge < -0.3 is 10.3 Å². The maximum Gasteiger partial charge on any atom is 0.0442 e. The minimum absolute atomic E-state index is 0.169. The van der Waals surface area contributed by atoms with Crippen molar-refractivity contribution in [1.82, 2.24) is 4.57 Å². The number of aryl methyl sites for hydroxylation is 1. The normalized spacial score (nSPS) is 22.6. The number of hydrogen-bond acceptors (Lipinski definition) is 1. The van der Waals surface area contributed by atoms with Gasteiger partial charge in [-0.1, -0.05) is 20.8 Å². The van der Waals surface area contributed by atoms with Gasteiger partial charge in [-0.2, -0.15) is 0 Å². The fraction of sp³-hybridized carbons (Fsp3) is 0.647. The lowest BCUT2D eigenvalue weighted by Gasteiger charge is -2.35. The second-order valence-corrected chi connectivity index (χ2v) is 6.68. The van der Waals surface area contributed by atoms with E-state index in [2.05, 4.69) is 44.2 Å². The molecule has 1 aliphatic rings. The van der Waals surface area contributed by atoms with Gasteiger partial charge in [0.2, 0.25) is 0 Å². The summed E-state index contributed by atoms with van der Waals surface area (Å²) in [6.07, 6.45) is 9.57. The largest absolute Gasteiger partial charge is 0.345 e. The zero-order valence-electron chi connectivity index (χ0n) is 12.7. The number of hydrogen-bond donors (Lipinski definition) is 1. The number of aromatic nitrogens is 1. The molecule has 0 saturated heterocycles. The first-order valence-electron chi connectivity index (χ1n) is 7.29. The summed E-state index contributed by atoms with van der Waals surface area (Å²) in [6, 6.07) is 2.85. The Morgan fingerprint density at radius 1 is 1.58 bits per heavy atom. The standard InChI is InChI=1S/C17H26N2/c1-6-8-13(7-2)19-12(3)9-14-15(18)10-17(4,5)11-16(14)19/h1,9,13,15H,7-8,10-11,18H2,2-5H3. The summed E-state index contributed by atoms with van der Waals surface area (Å²) >= 11 is 0. The topological polar surface area (TPSA) is 30.9 Å². The summed E-state index contributed by atoms with van der Waals surface area (Å²) in [4.78, 5) is 0. The molecule has 1 aromatic rings. The zero-order valence-corrected chi connectivity index (χ0v) is 12.7. The third-order valence-electron chi connectivity index (χ3n) is 4.38. The van der Waals surface area contributed by atoms with Gasteiger partial charge in [0.25, 0.3) is 0 Å². The molecule has 0 bridgehead atoms. The van der Waals surface area contributed by atoms with Crippen LogP contribution in [0.15, 0.2) is 6.07 Å². The molecule has 2 unspecified atom stereocenters. The van der Waals surface area contributed by atoms with Crippen molar-refractivity contribution in [2.45, 2.75) is 65.5 Å². The molecule has 1 heterocycles. The van der Waals surface area contributed by atoms with E-state index in [1.54, 1.807) is 0 Å². The van der Waals surface area contributed by atoms with Crippen LogP contribution in [0.4, 0.5) is 0 Å². The minimum atomic E-state index is 0.169. The average Bonchev–Trinajstić information content (AvgIpc) is 2.62. The van der Waals surface area contributed by atoms with Gasteiger partial charge in [0, 0.05) is 29.9 Å². The molecule has 0 fully saturated rings. The predicted molar refractivity (Wildman–Crippen MR) is 81.0 cm³/mol. The SMILES string of the molecule is C#CCC(CC)n1c(C)cc2c1CC(C)(C)CC2N. The van der Waals surface area contributed by atoms with Crippen LogP contribution < -0.4 is 5.73 Å². The van der Waals surface area contributed by atoms with Crippen LogP contribution >= 0.6 is 0 Å². The van der Waals surface area contributed by atoms with Gasteiger partial charge >= 0.3 is 0 Å². The molecular formula is C17H26N2.